The third kappa shape index (κ3) is 0.900. The summed E-state index contributed by atoms with van der Waals surface area (Å²) in [6.07, 6.45) is 0. The van der Waals surface area contributed by atoms with Gasteiger partial charge >= 0.3 is 0 Å². The molecule has 0 spiro atoms. The van der Waals surface area contributed by atoms with Crippen molar-refractivity contribution >= 4 is 17.8 Å². The minimum atomic E-state index is 0.215. The molecule has 1 fully saturated rings. The van der Waals surface area contributed by atoms with Crippen LogP contribution in [0, 0.1) is 5.41 Å². The Kier molecular flexibility index (Phi) is 1.35. The summed E-state index contributed by atoms with van der Waals surface area (Å²) in [5.41, 5.74) is 5.42. The number of nitrogens with one attached hydrogen (secondary N) is 1. The van der Waals surface area contributed by atoms with E-state index in [0.717, 1.165) is 13.1 Å². The maximum Gasteiger partial charge on any atom is 0.0394 e. The lowest BCUT2D eigenvalue weighted by Gasteiger charge is -2.41. The van der Waals surface area contributed by atoms with E-state index in [1.54, 1.807) is 4.90 Å². The summed E-state index contributed by atoms with van der Waals surface area (Å²) in [6, 6.07) is 0.248. The van der Waals surface area contributed by atoms with Gasteiger partial charge in [-0.05, 0) is 5.17 Å². The van der Waals surface area contributed by atoms with E-state index in [9.17, 15) is 0 Å². The van der Waals surface area contributed by atoms with Gasteiger partial charge in [-0.3, -0.25) is 0 Å². The monoisotopic (exact) mass is 130 g/mol. The summed E-state index contributed by atoms with van der Waals surface area (Å²) in [5, 5.41) is 7.14. The molecule has 1 heterocycles. The Bertz CT molecular complexity index is 108. The zero-order chi connectivity index (χ0) is 6.15. The molecule has 4 heteroatoms. The molecule has 0 aromatic rings. The van der Waals surface area contributed by atoms with Crippen molar-refractivity contribution in [3.63, 3.8) is 0 Å². The Balaban J connectivity index is 2.25. The normalized spacial score (nSPS) is 20.4. The van der Waals surface area contributed by atoms with Crippen molar-refractivity contribution < 1.29 is 0 Å². The molecule has 0 aromatic carbocycles. The van der Waals surface area contributed by atoms with E-state index in [0.29, 0.717) is 0 Å². The van der Waals surface area contributed by atoms with Crippen molar-refractivity contribution in [2.24, 2.45) is 5.73 Å². The van der Waals surface area contributed by atoms with E-state index in [4.69, 9.17) is 11.1 Å². The average Bonchev–Trinajstić information content (AvgIpc) is 1.57. The van der Waals surface area contributed by atoms with Crippen molar-refractivity contribution in [3.05, 3.63) is 0 Å². The first-order chi connectivity index (χ1) is 3.70. The number of likely N-dealkylation sites (tertiary alicyclic amines) is 1. The van der Waals surface area contributed by atoms with Gasteiger partial charge in [-0.15, -0.1) is 0 Å². The Labute approximate surface area is 53.8 Å². The summed E-state index contributed by atoms with van der Waals surface area (Å²) in [4.78, 5) is 1.76. The third-order valence-corrected chi connectivity index (χ3v) is 1.46. The molecule has 3 N–H and O–H groups in total. The standard InChI is InChI=1S/C4H9N3S/c5-3-1-7(2-3)4(6)8/h3H,1-2,5H2,(H2,6,8)/p-1. The first-order valence-corrected chi connectivity index (χ1v) is 2.87. The van der Waals surface area contributed by atoms with E-state index in [1.807, 2.05) is 0 Å². The molecule has 0 unspecified atom stereocenters. The summed E-state index contributed by atoms with van der Waals surface area (Å²) in [5.74, 6) is 0. The lowest BCUT2D eigenvalue weighted by molar-refractivity contribution is 0.258. The maximum atomic E-state index is 6.93. The molecule has 0 bridgehead atoms. The molecule has 8 heavy (non-hydrogen) atoms. The largest absolute Gasteiger partial charge is 0.743 e. The molecule has 1 aliphatic rings. The number of hydrogen-bond donors (Lipinski definition) is 2. The molecule has 0 aliphatic carbocycles. The van der Waals surface area contributed by atoms with Crippen LogP contribution in [0.3, 0.4) is 0 Å². The number of nitrogens with zero attached hydrogens (tertiary/aromatic N) is 1. The third-order valence-electron chi connectivity index (χ3n) is 1.20. The highest BCUT2D eigenvalue weighted by molar-refractivity contribution is 7.77. The van der Waals surface area contributed by atoms with Crippen LogP contribution in [0.25, 0.3) is 0 Å². The van der Waals surface area contributed by atoms with Gasteiger partial charge in [-0.1, -0.05) is 0 Å². The van der Waals surface area contributed by atoms with Crippen LogP contribution in [-0.4, -0.2) is 29.2 Å². The number of rotatable bonds is 0. The lowest BCUT2D eigenvalue weighted by Crippen LogP contribution is -2.57. The van der Waals surface area contributed by atoms with Crippen LogP contribution >= 0.6 is 0 Å². The van der Waals surface area contributed by atoms with Crippen LogP contribution in [0.1, 0.15) is 0 Å². The van der Waals surface area contributed by atoms with E-state index in [1.165, 1.54) is 0 Å². The minimum Gasteiger partial charge on any atom is -0.743 e. The summed E-state index contributed by atoms with van der Waals surface area (Å²) in [6.45, 7) is 1.53. The molecule has 0 atom stereocenters. The van der Waals surface area contributed by atoms with Crippen LogP contribution in [0.5, 0.6) is 0 Å². The fourth-order valence-corrected chi connectivity index (χ4v) is 0.828. The number of hydrogen-bond acceptors (Lipinski definition) is 3. The van der Waals surface area contributed by atoms with Gasteiger partial charge in [-0.25, -0.2) is 0 Å². The van der Waals surface area contributed by atoms with Crippen LogP contribution < -0.4 is 5.73 Å². The molecular weight excluding hydrogens is 122 g/mol. The minimum absolute atomic E-state index is 0.215. The number of amidine groups is 1. The SMILES string of the molecule is N=C([S-])N1CC(N)C1. The zero-order valence-electron chi connectivity index (χ0n) is 4.42. The number of nitrogens with two attached hydrogens (primary N) is 1. The molecule has 0 saturated carbocycles. The first-order valence-electron chi connectivity index (χ1n) is 2.46. The molecule has 1 saturated heterocycles. The van der Waals surface area contributed by atoms with E-state index in [2.05, 4.69) is 12.6 Å². The van der Waals surface area contributed by atoms with E-state index >= 15 is 0 Å². The molecule has 3 nitrogen and oxygen atoms in total. The smallest absolute Gasteiger partial charge is 0.0394 e. The second-order valence-electron chi connectivity index (χ2n) is 1.97. The molecule has 1 rings (SSSR count). The molecular formula is C4H8N3S-. The Morgan fingerprint density at radius 1 is 1.75 bits per heavy atom. The van der Waals surface area contributed by atoms with Gasteiger partial charge in [0.15, 0.2) is 0 Å². The molecule has 1 aliphatic heterocycles. The molecule has 46 valence electrons. The van der Waals surface area contributed by atoms with Crippen LogP contribution in [0.15, 0.2) is 0 Å². The Morgan fingerprint density at radius 2 is 2.25 bits per heavy atom. The van der Waals surface area contributed by atoms with Crippen molar-refractivity contribution in [2.45, 2.75) is 6.04 Å². The highest BCUT2D eigenvalue weighted by Crippen LogP contribution is 2.03. The predicted octanol–water partition coefficient (Wildman–Crippen LogP) is -0.889. The maximum absolute atomic E-state index is 6.93. The first kappa shape index (κ1) is 5.78. The van der Waals surface area contributed by atoms with Crippen molar-refractivity contribution in [1.29, 1.82) is 5.41 Å². The quantitative estimate of drug-likeness (QED) is 0.254. The van der Waals surface area contributed by atoms with Crippen molar-refractivity contribution in [1.82, 2.24) is 4.90 Å². The van der Waals surface area contributed by atoms with Crippen molar-refractivity contribution in [2.75, 3.05) is 13.1 Å². The zero-order valence-corrected chi connectivity index (χ0v) is 5.24. The molecule has 0 aromatic heterocycles. The average molecular weight is 130 g/mol. The summed E-state index contributed by atoms with van der Waals surface area (Å²) < 4.78 is 0. The van der Waals surface area contributed by atoms with Crippen LogP contribution in [0.4, 0.5) is 0 Å². The van der Waals surface area contributed by atoms with Gasteiger partial charge in [0.05, 0.1) is 0 Å². The van der Waals surface area contributed by atoms with Crippen molar-refractivity contribution in [3.8, 4) is 0 Å². The van der Waals surface area contributed by atoms with E-state index in [-0.39, 0.29) is 11.2 Å². The summed E-state index contributed by atoms with van der Waals surface area (Å²) >= 11 is 4.56. The fourth-order valence-electron chi connectivity index (χ4n) is 0.679. The fraction of sp³-hybridized carbons (Fsp3) is 0.750. The second-order valence-corrected chi connectivity index (χ2v) is 2.36. The van der Waals surface area contributed by atoms with Gasteiger partial charge in [0.1, 0.15) is 0 Å². The highest BCUT2D eigenvalue weighted by Gasteiger charge is 2.19. The topological polar surface area (TPSA) is 53.1 Å². The van der Waals surface area contributed by atoms with Gasteiger partial charge in [0.25, 0.3) is 0 Å². The Hall–Kier alpha value is -0.350. The predicted molar refractivity (Wildman–Crippen MR) is 34.6 cm³/mol. The van der Waals surface area contributed by atoms with Crippen LogP contribution in [0.2, 0.25) is 0 Å². The van der Waals surface area contributed by atoms with Gasteiger partial charge in [-0.2, -0.15) is 0 Å². The molecule has 0 amide bonds. The summed E-state index contributed by atoms with van der Waals surface area (Å²) in [7, 11) is 0. The lowest BCUT2D eigenvalue weighted by atomic mass is 10.2. The van der Waals surface area contributed by atoms with Crippen LogP contribution in [-0.2, 0) is 12.6 Å². The van der Waals surface area contributed by atoms with Gasteiger partial charge in [0, 0.05) is 19.1 Å². The van der Waals surface area contributed by atoms with Gasteiger partial charge in [0.2, 0.25) is 0 Å². The Morgan fingerprint density at radius 3 is 2.38 bits per heavy atom. The second kappa shape index (κ2) is 1.87. The van der Waals surface area contributed by atoms with E-state index < -0.39 is 0 Å². The highest BCUT2D eigenvalue weighted by atomic mass is 32.1. The van der Waals surface area contributed by atoms with Gasteiger partial charge < -0.3 is 28.7 Å². The molecule has 0 radical (unpaired) electrons.